The van der Waals surface area contributed by atoms with E-state index in [0.717, 1.165) is 0 Å². The molecule has 0 unspecified atom stereocenters. The van der Waals surface area contributed by atoms with Gasteiger partial charge in [0, 0.05) is 6.42 Å². The molecule has 3 atom stereocenters. The SMILES string of the molecule is CC(C)[C@H](NC(=O)[C@H](CCC(=O)O)NC(=O)[C@H](CC(=O)O)NC(=O)CN)C(=O)O. The van der Waals surface area contributed by atoms with Gasteiger partial charge >= 0.3 is 17.9 Å². The highest BCUT2D eigenvalue weighted by molar-refractivity contribution is 5.95. The third-order valence-electron chi connectivity index (χ3n) is 3.73. The van der Waals surface area contributed by atoms with Crippen LogP contribution in [0, 0.1) is 5.92 Å². The van der Waals surface area contributed by atoms with Gasteiger partial charge in [-0.05, 0) is 12.3 Å². The second kappa shape index (κ2) is 12.3. The molecule has 0 bridgehead atoms. The number of carboxylic acids is 3. The van der Waals surface area contributed by atoms with Crippen LogP contribution in [0.15, 0.2) is 0 Å². The van der Waals surface area contributed by atoms with Crippen LogP contribution >= 0.6 is 0 Å². The number of hydrogen-bond acceptors (Lipinski definition) is 7. The second-order valence-electron chi connectivity index (χ2n) is 6.48. The minimum atomic E-state index is -1.57. The molecule has 29 heavy (non-hydrogen) atoms. The fraction of sp³-hybridized carbons (Fsp3) is 0.625. The molecular formula is C16H26N4O9. The van der Waals surface area contributed by atoms with E-state index in [2.05, 4.69) is 16.0 Å². The summed E-state index contributed by atoms with van der Waals surface area (Å²) in [5.74, 6) is -7.35. The number of nitrogens with one attached hydrogen (secondary N) is 3. The Morgan fingerprint density at radius 2 is 1.38 bits per heavy atom. The summed E-state index contributed by atoms with van der Waals surface area (Å²) in [4.78, 5) is 69.2. The van der Waals surface area contributed by atoms with E-state index in [9.17, 15) is 28.8 Å². The van der Waals surface area contributed by atoms with Crippen molar-refractivity contribution in [3.8, 4) is 0 Å². The number of carboxylic acid groups (broad SMARTS) is 3. The topological polar surface area (TPSA) is 225 Å². The smallest absolute Gasteiger partial charge is 0.326 e. The molecule has 0 aromatic heterocycles. The molecule has 0 aliphatic carbocycles. The van der Waals surface area contributed by atoms with Gasteiger partial charge in [-0.15, -0.1) is 0 Å². The van der Waals surface area contributed by atoms with Gasteiger partial charge in [-0.25, -0.2) is 4.79 Å². The zero-order chi connectivity index (χ0) is 22.7. The van der Waals surface area contributed by atoms with Crippen molar-refractivity contribution in [2.24, 2.45) is 11.7 Å². The predicted octanol–water partition coefficient (Wildman–Crippen LogP) is -2.52. The molecule has 0 spiro atoms. The minimum Gasteiger partial charge on any atom is -0.481 e. The average molecular weight is 418 g/mol. The lowest BCUT2D eigenvalue weighted by Crippen LogP contribution is -2.57. The molecule has 13 heteroatoms. The van der Waals surface area contributed by atoms with E-state index in [1.165, 1.54) is 13.8 Å². The van der Waals surface area contributed by atoms with Gasteiger partial charge in [-0.3, -0.25) is 24.0 Å². The van der Waals surface area contributed by atoms with Crippen molar-refractivity contribution < 1.29 is 44.1 Å². The molecule has 0 aliphatic heterocycles. The number of rotatable bonds is 13. The summed E-state index contributed by atoms with van der Waals surface area (Å²) in [5, 5.41) is 33.3. The number of hydrogen-bond donors (Lipinski definition) is 7. The van der Waals surface area contributed by atoms with E-state index < -0.39 is 79.1 Å². The molecule has 13 nitrogen and oxygen atoms in total. The molecule has 0 aliphatic rings. The highest BCUT2D eigenvalue weighted by atomic mass is 16.4. The summed E-state index contributed by atoms with van der Waals surface area (Å²) >= 11 is 0. The van der Waals surface area contributed by atoms with Crippen molar-refractivity contribution in [3.05, 3.63) is 0 Å². The van der Waals surface area contributed by atoms with Crippen LogP contribution in [0.4, 0.5) is 0 Å². The molecule has 0 radical (unpaired) electrons. The normalized spacial score (nSPS) is 13.7. The molecular weight excluding hydrogens is 392 g/mol. The van der Waals surface area contributed by atoms with E-state index in [1.807, 2.05) is 0 Å². The fourth-order valence-electron chi connectivity index (χ4n) is 2.21. The lowest BCUT2D eigenvalue weighted by Gasteiger charge is -2.24. The zero-order valence-electron chi connectivity index (χ0n) is 16.0. The van der Waals surface area contributed by atoms with Crippen molar-refractivity contribution in [1.82, 2.24) is 16.0 Å². The number of nitrogens with two attached hydrogens (primary N) is 1. The van der Waals surface area contributed by atoms with E-state index in [-0.39, 0.29) is 6.42 Å². The van der Waals surface area contributed by atoms with Gasteiger partial charge < -0.3 is 37.0 Å². The van der Waals surface area contributed by atoms with Gasteiger partial charge in [0.15, 0.2) is 0 Å². The molecule has 0 saturated heterocycles. The van der Waals surface area contributed by atoms with Crippen molar-refractivity contribution in [3.63, 3.8) is 0 Å². The first-order valence-electron chi connectivity index (χ1n) is 8.65. The molecule has 8 N–H and O–H groups in total. The van der Waals surface area contributed by atoms with Crippen LogP contribution in [-0.2, 0) is 28.8 Å². The van der Waals surface area contributed by atoms with Gasteiger partial charge in [0.05, 0.1) is 13.0 Å². The molecule has 0 aromatic carbocycles. The van der Waals surface area contributed by atoms with Gasteiger partial charge in [-0.1, -0.05) is 13.8 Å². The van der Waals surface area contributed by atoms with Gasteiger partial charge in [0.25, 0.3) is 0 Å². The van der Waals surface area contributed by atoms with Crippen molar-refractivity contribution in [2.75, 3.05) is 6.54 Å². The maximum atomic E-state index is 12.4. The standard InChI is InChI=1S/C16H26N4O9/c1-7(2)13(16(28)29)20-14(26)8(3-4-11(22)23)19-15(27)9(5-12(24)25)18-10(21)6-17/h7-9,13H,3-6,17H2,1-2H3,(H,18,21)(H,19,27)(H,20,26)(H,22,23)(H,24,25)(H,28,29)/t8-,9-,13-/m0/s1. The van der Waals surface area contributed by atoms with Gasteiger partial charge in [0.1, 0.15) is 18.1 Å². The summed E-state index contributed by atoms with van der Waals surface area (Å²) in [5.41, 5.74) is 5.12. The first kappa shape index (κ1) is 25.8. The molecule has 3 amide bonds. The third-order valence-corrected chi connectivity index (χ3v) is 3.73. The highest BCUT2D eigenvalue weighted by Crippen LogP contribution is 2.06. The number of amides is 3. The van der Waals surface area contributed by atoms with E-state index in [1.54, 1.807) is 0 Å². The maximum absolute atomic E-state index is 12.4. The van der Waals surface area contributed by atoms with Crippen LogP contribution in [0.1, 0.15) is 33.1 Å². The van der Waals surface area contributed by atoms with Gasteiger partial charge in [-0.2, -0.15) is 0 Å². The number of carbonyl (C=O) groups is 6. The van der Waals surface area contributed by atoms with Crippen molar-refractivity contribution in [2.45, 2.75) is 51.2 Å². The zero-order valence-corrected chi connectivity index (χ0v) is 16.0. The predicted molar refractivity (Wildman–Crippen MR) is 96.4 cm³/mol. The molecule has 0 aromatic rings. The van der Waals surface area contributed by atoms with Crippen LogP contribution in [-0.4, -0.2) is 75.6 Å². The quantitative estimate of drug-likeness (QED) is 0.166. The summed E-state index contributed by atoms with van der Waals surface area (Å²) in [6.07, 6.45) is -1.73. The summed E-state index contributed by atoms with van der Waals surface area (Å²) in [7, 11) is 0. The molecule has 0 rings (SSSR count). The Balaban J connectivity index is 5.45. The molecule has 0 heterocycles. The largest absolute Gasteiger partial charge is 0.481 e. The Morgan fingerprint density at radius 3 is 1.79 bits per heavy atom. The van der Waals surface area contributed by atoms with Crippen molar-refractivity contribution >= 4 is 35.6 Å². The second-order valence-corrected chi connectivity index (χ2v) is 6.48. The van der Waals surface area contributed by atoms with Crippen LogP contribution in [0.2, 0.25) is 0 Å². The first-order chi connectivity index (χ1) is 13.4. The molecule has 164 valence electrons. The lowest BCUT2D eigenvalue weighted by atomic mass is 10.0. The van der Waals surface area contributed by atoms with Crippen LogP contribution in [0.3, 0.4) is 0 Å². The lowest BCUT2D eigenvalue weighted by molar-refractivity contribution is -0.144. The Bertz CT molecular complexity index is 650. The average Bonchev–Trinajstić information content (AvgIpc) is 2.60. The fourth-order valence-corrected chi connectivity index (χ4v) is 2.21. The van der Waals surface area contributed by atoms with E-state index in [0.29, 0.717) is 0 Å². The summed E-state index contributed by atoms with van der Waals surface area (Å²) < 4.78 is 0. The monoisotopic (exact) mass is 418 g/mol. The van der Waals surface area contributed by atoms with Crippen molar-refractivity contribution in [1.29, 1.82) is 0 Å². The maximum Gasteiger partial charge on any atom is 0.326 e. The summed E-state index contributed by atoms with van der Waals surface area (Å²) in [6.45, 7) is 2.56. The van der Waals surface area contributed by atoms with Crippen LogP contribution < -0.4 is 21.7 Å². The Morgan fingerprint density at radius 1 is 0.828 bits per heavy atom. The Labute approximate surface area is 166 Å². The summed E-state index contributed by atoms with van der Waals surface area (Å²) in [6, 6.07) is -4.33. The van der Waals surface area contributed by atoms with Crippen LogP contribution in [0.25, 0.3) is 0 Å². The minimum absolute atomic E-state index is 0.387. The van der Waals surface area contributed by atoms with E-state index >= 15 is 0 Å². The highest BCUT2D eigenvalue weighted by Gasteiger charge is 2.31. The van der Waals surface area contributed by atoms with Crippen LogP contribution in [0.5, 0.6) is 0 Å². The number of aliphatic carboxylic acids is 3. The Kier molecular flexibility index (Phi) is 10.9. The Hall–Kier alpha value is -3.22. The third kappa shape index (κ3) is 10.0. The van der Waals surface area contributed by atoms with E-state index in [4.69, 9.17) is 21.1 Å². The first-order valence-corrected chi connectivity index (χ1v) is 8.65. The number of carbonyl (C=O) groups excluding carboxylic acids is 3. The molecule has 0 fully saturated rings. The van der Waals surface area contributed by atoms with Gasteiger partial charge in [0.2, 0.25) is 17.7 Å². The molecule has 0 saturated carbocycles.